The molecule has 0 amide bonds. The van der Waals surface area contributed by atoms with Crippen molar-refractivity contribution in [2.24, 2.45) is 4.99 Å². The van der Waals surface area contributed by atoms with Gasteiger partial charge in [0.15, 0.2) is 0 Å². The molecule has 2 aliphatic heterocycles. The van der Waals surface area contributed by atoms with E-state index in [1.54, 1.807) is 0 Å². The molecule has 28 heavy (non-hydrogen) atoms. The lowest BCUT2D eigenvalue weighted by Gasteiger charge is -2.37. The zero-order chi connectivity index (χ0) is 19.0. The van der Waals surface area contributed by atoms with Crippen LogP contribution in [0.2, 0.25) is 0 Å². The fourth-order valence-electron chi connectivity index (χ4n) is 4.21. The molecule has 1 fully saturated rings. The molecule has 1 spiro atoms. The standard InChI is InChI=1S/C24H23NO3/c1-17(20-10-6-8-18-7-2-3-9-21(18)20)25-16-19-15-24(26-13-14-27-24)22-11-4-5-12-23(22)28-19/h2-12,19H,13-16H2,1H3/t19-/m1/s1. The highest BCUT2D eigenvalue weighted by Gasteiger charge is 2.46. The van der Waals surface area contributed by atoms with E-state index in [9.17, 15) is 0 Å². The molecule has 5 rings (SSSR count). The first-order valence-electron chi connectivity index (χ1n) is 9.78. The van der Waals surface area contributed by atoms with Gasteiger partial charge in [-0.25, -0.2) is 0 Å². The molecule has 0 bridgehead atoms. The van der Waals surface area contributed by atoms with Crippen molar-refractivity contribution in [1.29, 1.82) is 0 Å². The molecule has 0 radical (unpaired) electrons. The van der Waals surface area contributed by atoms with Crippen molar-refractivity contribution in [2.75, 3.05) is 19.8 Å². The van der Waals surface area contributed by atoms with Crippen molar-refractivity contribution in [2.45, 2.75) is 25.2 Å². The van der Waals surface area contributed by atoms with Gasteiger partial charge >= 0.3 is 0 Å². The van der Waals surface area contributed by atoms with Crippen LogP contribution in [-0.2, 0) is 15.3 Å². The lowest BCUT2D eigenvalue weighted by Crippen LogP contribution is -2.40. The minimum Gasteiger partial charge on any atom is -0.488 e. The third-order valence-electron chi connectivity index (χ3n) is 5.55. The number of benzene rings is 3. The van der Waals surface area contributed by atoms with Crippen LogP contribution in [0.25, 0.3) is 10.8 Å². The van der Waals surface area contributed by atoms with E-state index < -0.39 is 5.79 Å². The first-order valence-corrected chi connectivity index (χ1v) is 9.78. The fourth-order valence-corrected chi connectivity index (χ4v) is 4.21. The number of hydrogen-bond donors (Lipinski definition) is 0. The molecule has 1 atom stereocenters. The number of fused-ring (bicyclic) bond motifs is 3. The highest BCUT2D eigenvalue weighted by Crippen LogP contribution is 2.45. The quantitative estimate of drug-likeness (QED) is 0.625. The average molecular weight is 373 g/mol. The molecule has 4 nitrogen and oxygen atoms in total. The van der Waals surface area contributed by atoms with E-state index in [1.807, 2.05) is 24.3 Å². The number of nitrogens with zero attached hydrogens (tertiary/aromatic N) is 1. The summed E-state index contributed by atoms with van der Waals surface area (Å²) in [6.45, 7) is 3.85. The van der Waals surface area contributed by atoms with Crippen LogP contribution < -0.4 is 4.74 Å². The van der Waals surface area contributed by atoms with Gasteiger partial charge in [-0.1, -0.05) is 54.6 Å². The summed E-state index contributed by atoms with van der Waals surface area (Å²) in [7, 11) is 0. The van der Waals surface area contributed by atoms with Gasteiger partial charge in [0.2, 0.25) is 5.79 Å². The third kappa shape index (κ3) is 2.99. The van der Waals surface area contributed by atoms with Crippen LogP contribution in [0.5, 0.6) is 5.75 Å². The fraction of sp³-hybridized carbons (Fsp3) is 0.292. The molecular formula is C24H23NO3. The Kier molecular flexibility index (Phi) is 4.38. The molecule has 3 aromatic carbocycles. The first kappa shape index (κ1) is 17.4. The number of ether oxygens (including phenoxy) is 3. The predicted molar refractivity (Wildman–Crippen MR) is 110 cm³/mol. The summed E-state index contributed by atoms with van der Waals surface area (Å²) in [6, 6.07) is 22.7. The van der Waals surface area contributed by atoms with Gasteiger partial charge in [0.25, 0.3) is 0 Å². The summed E-state index contributed by atoms with van der Waals surface area (Å²) >= 11 is 0. The van der Waals surface area contributed by atoms with Gasteiger partial charge in [-0.15, -0.1) is 0 Å². The lowest BCUT2D eigenvalue weighted by atomic mass is 9.95. The van der Waals surface area contributed by atoms with Crippen LogP contribution in [0.3, 0.4) is 0 Å². The maximum Gasteiger partial charge on any atom is 0.202 e. The summed E-state index contributed by atoms with van der Waals surface area (Å²) in [6.07, 6.45) is 0.564. The van der Waals surface area contributed by atoms with E-state index in [4.69, 9.17) is 19.2 Å². The SMILES string of the molecule is CC(=NC[C@H]1CC2(OCCO2)c2ccccc2O1)c1cccc2ccccc12. The Morgan fingerprint density at radius 1 is 0.964 bits per heavy atom. The monoisotopic (exact) mass is 373 g/mol. The average Bonchev–Trinajstić information content (AvgIpc) is 3.20. The number of hydrogen-bond acceptors (Lipinski definition) is 4. The van der Waals surface area contributed by atoms with Crippen molar-refractivity contribution < 1.29 is 14.2 Å². The molecule has 3 aromatic rings. The Hall–Kier alpha value is -2.69. The highest BCUT2D eigenvalue weighted by atomic mass is 16.7. The summed E-state index contributed by atoms with van der Waals surface area (Å²) in [4.78, 5) is 4.88. The minimum absolute atomic E-state index is 0.0853. The van der Waals surface area contributed by atoms with Crippen molar-refractivity contribution in [1.82, 2.24) is 0 Å². The topological polar surface area (TPSA) is 40.0 Å². The van der Waals surface area contributed by atoms with Crippen LogP contribution >= 0.6 is 0 Å². The summed E-state index contributed by atoms with van der Waals surface area (Å²) < 4.78 is 18.3. The predicted octanol–water partition coefficient (Wildman–Crippen LogP) is 4.70. The maximum absolute atomic E-state index is 6.23. The molecular weight excluding hydrogens is 350 g/mol. The van der Waals surface area contributed by atoms with Crippen molar-refractivity contribution in [3.63, 3.8) is 0 Å². The van der Waals surface area contributed by atoms with E-state index in [-0.39, 0.29) is 6.10 Å². The van der Waals surface area contributed by atoms with E-state index >= 15 is 0 Å². The molecule has 0 aliphatic carbocycles. The van der Waals surface area contributed by atoms with E-state index in [1.165, 1.54) is 10.8 Å². The molecule has 142 valence electrons. The second-order valence-corrected chi connectivity index (χ2v) is 7.34. The molecule has 4 heteroatoms. The molecule has 2 aliphatic rings. The second-order valence-electron chi connectivity index (χ2n) is 7.34. The zero-order valence-electron chi connectivity index (χ0n) is 15.9. The van der Waals surface area contributed by atoms with Gasteiger partial charge in [0.05, 0.1) is 25.3 Å². The maximum atomic E-state index is 6.23. The van der Waals surface area contributed by atoms with Gasteiger partial charge in [0.1, 0.15) is 11.9 Å². The van der Waals surface area contributed by atoms with Crippen LogP contribution in [0, 0.1) is 0 Å². The lowest BCUT2D eigenvalue weighted by molar-refractivity contribution is -0.193. The Morgan fingerprint density at radius 2 is 1.71 bits per heavy atom. The number of rotatable bonds is 3. The molecule has 2 heterocycles. The number of aliphatic imine (C=N–C) groups is 1. The van der Waals surface area contributed by atoms with E-state index in [2.05, 4.69) is 49.4 Å². The minimum atomic E-state index is -0.692. The normalized spacial score (nSPS) is 20.9. The van der Waals surface area contributed by atoms with Gasteiger partial charge in [0, 0.05) is 17.7 Å². The molecule has 0 aromatic heterocycles. The van der Waals surface area contributed by atoms with Crippen molar-refractivity contribution in [3.8, 4) is 5.75 Å². The Bertz CT molecular complexity index is 1030. The van der Waals surface area contributed by atoms with Crippen LogP contribution in [0.4, 0.5) is 0 Å². The Morgan fingerprint density at radius 3 is 2.61 bits per heavy atom. The summed E-state index contributed by atoms with van der Waals surface area (Å²) in [5, 5.41) is 2.45. The van der Waals surface area contributed by atoms with Crippen LogP contribution in [0.1, 0.15) is 24.5 Å². The highest BCUT2D eigenvalue weighted by molar-refractivity contribution is 6.09. The van der Waals surface area contributed by atoms with Crippen molar-refractivity contribution in [3.05, 3.63) is 77.9 Å². The molecule has 0 unspecified atom stereocenters. The Labute approximate surface area is 164 Å². The first-order chi connectivity index (χ1) is 13.8. The van der Waals surface area contributed by atoms with Gasteiger partial charge < -0.3 is 14.2 Å². The van der Waals surface area contributed by atoms with E-state index in [0.717, 1.165) is 22.6 Å². The summed E-state index contributed by atoms with van der Waals surface area (Å²) in [5.74, 6) is 0.140. The van der Waals surface area contributed by atoms with Crippen LogP contribution in [-0.4, -0.2) is 31.6 Å². The second kappa shape index (κ2) is 7.04. The molecule has 1 saturated heterocycles. The number of para-hydroxylation sites is 1. The van der Waals surface area contributed by atoms with Crippen molar-refractivity contribution >= 4 is 16.5 Å². The van der Waals surface area contributed by atoms with Gasteiger partial charge in [-0.05, 0) is 29.8 Å². The summed E-state index contributed by atoms with van der Waals surface area (Å²) in [5.41, 5.74) is 3.16. The smallest absolute Gasteiger partial charge is 0.202 e. The third-order valence-corrected chi connectivity index (χ3v) is 5.55. The molecule has 0 N–H and O–H groups in total. The zero-order valence-corrected chi connectivity index (χ0v) is 15.9. The van der Waals surface area contributed by atoms with Crippen LogP contribution in [0.15, 0.2) is 71.7 Å². The van der Waals surface area contributed by atoms with Gasteiger partial charge in [-0.2, -0.15) is 0 Å². The molecule has 0 saturated carbocycles. The van der Waals surface area contributed by atoms with E-state index in [0.29, 0.717) is 26.2 Å². The van der Waals surface area contributed by atoms with Gasteiger partial charge in [-0.3, -0.25) is 4.99 Å². The largest absolute Gasteiger partial charge is 0.488 e. The Balaban J connectivity index is 1.42.